The standard InChI is InChI=1S/C17H22FN3O2/c1-10-2-3-11(6-15(10)18)14-7-13(21-17(14)23)9-20-16(22)12-4-5-19-8-12/h2-3,6,12-14,19H,4-5,7-9H2,1H3,(H,20,22)(H,21,23)/t12?,13?,14-/m1/s1. The van der Waals surface area contributed by atoms with Gasteiger partial charge in [0.2, 0.25) is 11.8 Å². The van der Waals surface area contributed by atoms with Crippen LogP contribution in [0.15, 0.2) is 18.2 Å². The molecule has 3 rings (SSSR count). The molecule has 0 radical (unpaired) electrons. The molecule has 1 aromatic carbocycles. The summed E-state index contributed by atoms with van der Waals surface area (Å²) in [7, 11) is 0. The largest absolute Gasteiger partial charge is 0.354 e. The Morgan fingerprint density at radius 3 is 2.96 bits per heavy atom. The molecule has 0 aromatic heterocycles. The van der Waals surface area contributed by atoms with E-state index in [9.17, 15) is 14.0 Å². The number of aryl methyl sites for hydroxylation is 1. The Kier molecular flexibility index (Phi) is 4.61. The van der Waals surface area contributed by atoms with Gasteiger partial charge in [-0.1, -0.05) is 12.1 Å². The van der Waals surface area contributed by atoms with E-state index in [-0.39, 0.29) is 35.5 Å². The molecule has 23 heavy (non-hydrogen) atoms. The van der Waals surface area contributed by atoms with Crippen LogP contribution in [-0.4, -0.2) is 37.5 Å². The van der Waals surface area contributed by atoms with Crippen molar-refractivity contribution in [1.82, 2.24) is 16.0 Å². The summed E-state index contributed by atoms with van der Waals surface area (Å²) in [6.07, 6.45) is 1.43. The SMILES string of the molecule is Cc1ccc([C@H]2CC(CNC(=O)C3CCNC3)NC2=O)cc1F. The van der Waals surface area contributed by atoms with Gasteiger partial charge in [0.15, 0.2) is 0 Å². The molecule has 2 heterocycles. The fourth-order valence-corrected chi connectivity index (χ4v) is 3.25. The van der Waals surface area contributed by atoms with Crippen LogP contribution in [0.1, 0.15) is 29.9 Å². The molecule has 5 nitrogen and oxygen atoms in total. The van der Waals surface area contributed by atoms with Crippen molar-refractivity contribution in [3.8, 4) is 0 Å². The van der Waals surface area contributed by atoms with Gasteiger partial charge in [-0.3, -0.25) is 9.59 Å². The molecular weight excluding hydrogens is 297 g/mol. The van der Waals surface area contributed by atoms with E-state index in [1.165, 1.54) is 6.07 Å². The molecule has 2 fully saturated rings. The van der Waals surface area contributed by atoms with Gasteiger partial charge in [0.25, 0.3) is 0 Å². The average Bonchev–Trinajstić information content (AvgIpc) is 3.17. The van der Waals surface area contributed by atoms with E-state index in [0.717, 1.165) is 13.0 Å². The third-order valence-corrected chi connectivity index (χ3v) is 4.74. The fourth-order valence-electron chi connectivity index (χ4n) is 3.25. The minimum Gasteiger partial charge on any atom is -0.354 e. The number of amides is 2. The maximum atomic E-state index is 13.7. The molecule has 3 N–H and O–H groups in total. The van der Waals surface area contributed by atoms with Crippen LogP contribution in [0.3, 0.4) is 0 Å². The average molecular weight is 319 g/mol. The summed E-state index contributed by atoms with van der Waals surface area (Å²) >= 11 is 0. The first-order chi connectivity index (χ1) is 11.0. The number of nitrogens with one attached hydrogen (secondary N) is 3. The van der Waals surface area contributed by atoms with Crippen molar-refractivity contribution >= 4 is 11.8 Å². The number of rotatable bonds is 4. The Hall–Kier alpha value is -1.95. The molecule has 3 atom stereocenters. The summed E-state index contributed by atoms with van der Waals surface area (Å²) in [4.78, 5) is 24.1. The van der Waals surface area contributed by atoms with Gasteiger partial charge in [0, 0.05) is 19.1 Å². The Morgan fingerprint density at radius 2 is 2.26 bits per heavy atom. The monoisotopic (exact) mass is 319 g/mol. The first-order valence-electron chi connectivity index (χ1n) is 8.09. The van der Waals surface area contributed by atoms with Crippen LogP contribution < -0.4 is 16.0 Å². The van der Waals surface area contributed by atoms with Crippen LogP contribution in [0.5, 0.6) is 0 Å². The maximum Gasteiger partial charge on any atom is 0.227 e. The predicted molar refractivity (Wildman–Crippen MR) is 84.4 cm³/mol. The zero-order valence-electron chi connectivity index (χ0n) is 13.2. The second kappa shape index (κ2) is 6.66. The lowest BCUT2D eigenvalue weighted by molar-refractivity contribution is -0.125. The zero-order valence-corrected chi connectivity index (χ0v) is 13.2. The van der Waals surface area contributed by atoms with Crippen molar-refractivity contribution in [2.45, 2.75) is 31.7 Å². The van der Waals surface area contributed by atoms with Crippen molar-refractivity contribution in [2.24, 2.45) is 5.92 Å². The molecule has 0 spiro atoms. The Balaban J connectivity index is 1.56. The van der Waals surface area contributed by atoms with E-state index < -0.39 is 0 Å². The van der Waals surface area contributed by atoms with Gasteiger partial charge < -0.3 is 16.0 Å². The van der Waals surface area contributed by atoms with E-state index in [2.05, 4.69) is 16.0 Å². The molecule has 6 heteroatoms. The summed E-state index contributed by atoms with van der Waals surface area (Å²) in [6, 6.07) is 4.83. The number of carbonyl (C=O) groups is 2. The lowest BCUT2D eigenvalue weighted by atomic mass is 9.94. The Labute approximate surface area is 135 Å². The van der Waals surface area contributed by atoms with Gasteiger partial charge in [0.1, 0.15) is 5.82 Å². The molecule has 2 saturated heterocycles. The Morgan fingerprint density at radius 1 is 1.43 bits per heavy atom. The van der Waals surface area contributed by atoms with Crippen LogP contribution in [0, 0.1) is 18.7 Å². The maximum absolute atomic E-state index is 13.7. The third kappa shape index (κ3) is 3.52. The Bertz CT molecular complexity index is 614. The summed E-state index contributed by atoms with van der Waals surface area (Å²) < 4.78 is 13.7. The van der Waals surface area contributed by atoms with Crippen LogP contribution in [0.2, 0.25) is 0 Å². The van der Waals surface area contributed by atoms with E-state index in [0.29, 0.717) is 30.6 Å². The van der Waals surface area contributed by atoms with Gasteiger partial charge in [-0.2, -0.15) is 0 Å². The number of halogens is 1. The fraction of sp³-hybridized carbons (Fsp3) is 0.529. The number of hydrogen-bond donors (Lipinski definition) is 3. The molecule has 2 aliphatic rings. The van der Waals surface area contributed by atoms with Gasteiger partial charge in [-0.05, 0) is 43.5 Å². The summed E-state index contributed by atoms with van der Waals surface area (Å²) in [5.41, 5.74) is 1.26. The van der Waals surface area contributed by atoms with Crippen molar-refractivity contribution in [3.05, 3.63) is 35.1 Å². The molecule has 0 saturated carbocycles. The molecule has 0 aliphatic carbocycles. The van der Waals surface area contributed by atoms with Crippen molar-refractivity contribution in [1.29, 1.82) is 0 Å². The van der Waals surface area contributed by atoms with E-state index >= 15 is 0 Å². The molecule has 2 unspecified atom stereocenters. The van der Waals surface area contributed by atoms with Crippen LogP contribution in [0.25, 0.3) is 0 Å². The third-order valence-electron chi connectivity index (χ3n) is 4.74. The highest BCUT2D eigenvalue weighted by atomic mass is 19.1. The highest BCUT2D eigenvalue weighted by molar-refractivity contribution is 5.86. The lowest BCUT2D eigenvalue weighted by Gasteiger charge is -2.14. The lowest BCUT2D eigenvalue weighted by Crippen LogP contribution is -2.41. The minimum atomic E-state index is -0.347. The van der Waals surface area contributed by atoms with E-state index in [1.807, 2.05) is 0 Å². The number of benzene rings is 1. The molecular formula is C17H22FN3O2. The minimum absolute atomic E-state index is 0.0223. The molecule has 124 valence electrons. The highest BCUT2D eigenvalue weighted by Gasteiger charge is 2.34. The first-order valence-corrected chi connectivity index (χ1v) is 8.09. The number of carbonyl (C=O) groups excluding carboxylic acids is 2. The smallest absolute Gasteiger partial charge is 0.227 e. The quantitative estimate of drug-likeness (QED) is 0.770. The normalized spacial score (nSPS) is 27.0. The van der Waals surface area contributed by atoms with E-state index in [4.69, 9.17) is 0 Å². The second-order valence-electron chi connectivity index (χ2n) is 6.44. The zero-order chi connectivity index (χ0) is 16.4. The van der Waals surface area contributed by atoms with E-state index in [1.54, 1.807) is 19.1 Å². The van der Waals surface area contributed by atoms with Crippen LogP contribution in [0.4, 0.5) is 4.39 Å². The van der Waals surface area contributed by atoms with Gasteiger partial charge in [0.05, 0.1) is 11.8 Å². The van der Waals surface area contributed by atoms with Crippen molar-refractivity contribution < 1.29 is 14.0 Å². The highest BCUT2D eigenvalue weighted by Crippen LogP contribution is 2.28. The molecule has 1 aromatic rings. The number of hydrogen-bond acceptors (Lipinski definition) is 3. The molecule has 2 aliphatic heterocycles. The first kappa shape index (κ1) is 15.9. The molecule has 0 bridgehead atoms. The summed E-state index contributed by atoms with van der Waals surface area (Å²) in [5, 5.41) is 8.96. The summed E-state index contributed by atoms with van der Waals surface area (Å²) in [6.45, 7) is 3.71. The predicted octanol–water partition coefficient (Wildman–Crippen LogP) is 0.832. The molecule has 2 amide bonds. The van der Waals surface area contributed by atoms with Gasteiger partial charge >= 0.3 is 0 Å². The summed E-state index contributed by atoms with van der Waals surface area (Å²) in [5.74, 6) is -0.681. The van der Waals surface area contributed by atoms with Gasteiger partial charge in [-0.15, -0.1) is 0 Å². The van der Waals surface area contributed by atoms with Crippen LogP contribution >= 0.6 is 0 Å². The second-order valence-corrected chi connectivity index (χ2v) is 6.44. The van der Waals surface area contributed by atoms with Crippen LogP contribution in [-0.2, 0) is 9.59 Å². The van der Waals surface area contributed by atoms with Crippen molar-refractivity contribution in [2.75, 3.05) is 19.6 Å². The van der Waals surface area contributed by atoms with Gasteiger partial charge in [-0.25, -0.2) is 4.39 Å². The van der Waals surface area contributed by atoms with Crippen molar-refractivity contribution in [3.63, 3.8) is 0 Å². The topological polar surface area (TPSA) is 70.2 Å².